The number of likely N-dealkylation sites (tertiary alicyclic amines) is 1. The van der Waals surface area contributed by atoms with Gasteiger partial charge in [0.25, 0.3) is 0 Å². The zero-order valence-corrected chi connectivity index (χ0v) is 9.22. The average Bonchev–Trinajstić information content (AvgIpc) is 2.58. The number of rotatable bonds is 3. The van der Waals surface area contributed by atoms with Crippen molar-refractivity contribution in [3.8, 4) is 0 Å². The summed E-state index contributed by atoms with van der Waals surface area (Å²) in [5.41, 5.74) is 0.276. The molecule has 5 heteroatoms. The second-order valence-electron chi connectivity index (χ2n) is 3.78. The maximum absolute atomic E-state index is 4.05. The predicted octanol–water partition coefficient (Wildman–Crippen LogP) is 0.973. The Kier molecular flexibility index (Phi) is 4.09. The molecule has 1 saturated heterocycles. The monoisotopic (exact) mass is 214 g/mol. The molecule has 0 radical (unpaired) electrons. The summed E-state index contributed by atoms with van der Waals surface area (Å²) < 4.78 is 4.05. The molecule has 0 bridgehead atoms. The highest BCUT2D eigenvalue weighted by molar-refractivity contribution is 7.99. The molecule has 2 N–H and O–H groups in total. The fourth-order valence-electron chi connectivity index (χ4n) is 1.82. The van der Waals surface area contributed by atoms with E-state index >= 15 is 0 Å². The summed E-state index contributed by atoms with van der Waals surface area (Å²) in [5, 5.41) is 6.58. The van der Waals surface area contributed by atoms with Crippen molar-refractivity contribution in [2.45, 2.75) is 31.2 Å². The van der Waals surface area contributed by atoms with E-state index in [1.807, 2.05) is 0 Å². The Hall–Kier alpha value is -0.260. The van der Waals surface area contributed by atoms with Crippen molar-refractivity contribution < 1.29 is 0 Å². The van der Waals surface area contributed by atoms with Gasteiger partial charge >= 0.3 is 0 Å². The van der Waals surface area contributed by atoms with Crippen LogP contribution in [0.15, 0.2) is 4.40 Å². The molecule has 4 nitrogen and oxygen atoms in total. The molecular weight excluding hydrogens is 196 g/mol. The summed E-state index contributed by atoms with van der Waals surface area (Å²) in [4.78, 5) is 2.49. The smallest absolute Gasteiger partial charge is 0.149 e. The van der Waals surface area contributed by atoms with E-state index < -0.39 is 0 Å². The van der Waals surface area contributed by atoms with Crippen LogP contribution in [0.5, 0.6) is 0 Å². The molecule has 80 valence electrons. The van der Waals surface area contributed by atoms with E-state index in [9.17, 15) is 0 Å². The third-order valence-corrected chi connectivity index (χ3v) is 3.38. The lowest BCUT2D eigenvalue weighted by molar-refractivity contribution is 0.259. The van der Waals surface area contributed by atoms with E-state index in [1.54, 1.807) is 18.3 Å². The molecule has 2 heterocycles. The zero-order chi connectivity index (χ0) is 9.64. The quantitative estimate of drug-likeness (QED) is 0.687. The predicted molar refractivity (Wildman–Crippen MR) is 61.1 cm³/mol. The Morgan fingerprint density at radius 3 is 2.79 bits per heavy atom. The average molecular weight is 214 g/mol. The maximum Gasteiger partial charge on any atom is 0.149 e. The lowest BCUT2D eigenvalue weighted by Gasteiger charge is -2.22. The first-order valence-corrected chi connectivity index (χ1v) is 6.18. The van der Waals surface area contributed by atoms with Gasteiger partial charge in [0.15, 0.2) is 0 Å². The van der Waals surface area contributed by atoms with E-state index in [0.29, 0.717) is 0 Å². The Labute approximate surface area is 89.7 Å². The van der Waals surface area contributed by atoms with Crippen molar-refractivity contribution in [2.75, 3.05) is 19.8 Å². The van der Waals surface area contributed by atoms with E-state index in [4.69, 9.17) is 0 Å². The van der Waals surface area contributed by atoms with Gasteiger partial charge < -0.3 is 5.32 Å². The van der Waals surface area contributed by atoms with Crippen molar-refractivity contribution in [1.29, 1.82) is 0 Å². The van der Waals surface area contributed by atoms with E-state index in [-0.39, 0.29) is 5.50 Å². The van der Waals surface area contributed by atoms with Gasteiger partial charge in [-0.25, -0.2) is 4.40 Å². The normalized spacial score (nSPS) is 28.7. The van der Waals surface area contributed by atoms with Crippen LogP contribution in [0.1, 0.15) is 25.7 Å². The SMILES string of the molecule is C1=NSC(NCN2CCCCCC2)N1. The summed E-state index contributed by atoms with van der Waals surface area (Å²) in [6, 6.07) is 0. The highest BCUT2D eigenvalue weighted by Gasteiger charge is 2.13. The lowest BCUT2D eigenvalue weighted by Crippen LogP contribution is -2.43. The van der Waals surface area contributed by atoms with Gasteiger partial charge in [0.2, 0.25) is 0 Å². The highest BCUT2D eigenvalue weighted by Crippen LogP contribution is 2.11. The standard InChI is InChI=1S/C9H18N4S/c1-2-4-6-13(5-3-1)8-11-9-10-7-12-14-9/h7,9,11H,1-6,8H2,(H,10,12). The summed E-state index contributed by atoms with van der Waals surface area (Å²) in [6.45, 7) is 3.46. The first-order valence-electron chi connectivity index (χ1n) is 5.34. The minimum absolute atomic E-state index is 0.276. The van der Waals surface area contributed by atoms with E-state index in [2.05, 4.69) is 19.9 Å². The van der Waals surface area contributed by atoms with Gasteiger partial charge in [0, 0.05) is 11.9 Å². The molecule has 2 aliphatic rings. The Morgan fingerprint density at radius 2 is 2.14 bits per heavy atom. The van der Waals surface area contributed by atoms with Crippen molar-refractivity contribution in [1.82, 2.24) is 15.5 Å². The number of nitrogens with one attached hydrogen (secondary N) is 2. The van der Waals surface area contributed by atoms with Crippen molar-refractivity contribution >= 4 is 18.3 Å². The van der Waals surface area contributed by atoms with Gasteiger partial charge in [-0.15, -0.1) is 0 Å². The minimum atomic E-state index is 0.276. The number of hydrogen-bond acceptors (Lipinski definition) is 5. The van der Waals surface area contributed by atoms with Gasteiger partial charge in [-0.05, 0) is 25.9 Å². The van der Waals surface area contributed by atoms with Crippen LogP contribution in [0.2, 0.25) is 0 Å². The third-order valence-electron chi connectivity index (χ3n) is 2.64. The molecule has 0 aliphatic carbocycles. The van der Waals surface area contributed by atoms with Crippen LogP contribution in [0.25, 0.3) is 0 Å². The molecule has 0 aromatic carbocycles. The molecule has 0 amide bonds. The fourth-order valence-corrected chi connectivity index (χ4v) is 2.34. The van der Waals surface area contributed by atoms with Gasteiger partial charge in [-0.2, -0.15) is 0 Å². The van der Waals surface area contributed by atoms with Gasteiger partial charge in [0.05, 0.1) is 13.0 Å². The van der Waals surface area contributed by atoms with E-state index in [1.165, 1.54) is 38.8 Å². The van der Waals surface area contributed by atoms with Crippen molar-refractivity contribution in [2.24, 2.45) is 4.40 Å². The highest BCUT2D eigenvalue weighted by atomic mass is 32.2. The number of hydrogen-bond donors (Lipinski definition) is 2. The molecule has 0 spiro atoms. The van der Waals surface area contributed by atoms with Crippen LogP contribution in [-0.2, 0) is 0 Å². The molecule has 1 fully saturated rings. The van der Waals surface area contributed by atoms with Gasteiger partial charge in [-0.3, -0.25) is 10.2 Å². The van der Waals surface area contributed by atoms with Crippen molar-refractivity contribution in [3.05, 3.63) is 0 Å². The second kappa shape index (κ2) is 5.58. The van der Waals surface area contributed by atoms with Crippen LogP contribution >= 0.6 is 11.9 Å². The van der Waals surface area contributed by atoms with Crippen LogP contribution < -0.4 is 10.6 Å². The topological polar surface area (TPSA) is 39.7 Å². The molecule has 2 aliphatic heterocycles. The largest absolute Gasteiger partial charge is 0.350 e. The third kappa shape index (κ3) is 3.15. The zero-order valence-electron chi connectivity index (χ0n) is 8.41. The molecular formula is C9H18N4S. The van der Waals surface area contributed by atoms with Crippen LogP contribution in [0.4, 0.5) is 0 Å². The van der Waals surface area contributed by atoms with Crippen molar-refractivity contribution in [3.63, 3.8) is 0 Å². The summed E-state index contributed by atoms with van der Waals surface area (Å²) >= 11 is 1.56. The molecule has 0 aromatic heterocycles. The first-order chi connectivity index (χ1) is 6.95. The molecule has 0 aromatic rings. The first kappa shape index (κ1) is 10.3. The Balaban J connectivity index is 1.63. The van der Waals surface area contributed by atoms with Gasteiger partial charge in [-0.1, -0.05) is 12.8 Å². The van der Waals surface area contributed by atoms with Crippen LogP contribution in [-0.4, -0.2) is 36.5 Å². The molecule has 0 saturated carbocycles. The van der Waals surface area contributed by atoms with Gasteiger partial charge in [0.1, 0.15) is 5.50 Å². The molecule has 14 heavy (non-hydrogen) atoms. The Bertz CT molecular complexity index is 181. The summed E-state index contributed by atoms with van der Waals surface area (Å²) in [7, 11) is 0. The lowest BCUT2D eigenvalue weighted by atomic mass is 10.2. The second-order valence-corrected chi connectivity index (χ2v) is 4.67. The van der Waals surface area contributed by atoms with Crippen LogP contribution in [0, 0.1) is 0 Å². The summed E-state index contributed by atoms with van der Waals surface area (Å²) in [6.07, 6.45) is 7.25. The Morgan fingerprint density at radius 1 is 1.36 bits per heavy atom. The number of nitrogens with zero attached hydrogens (tertiary/aromatic N) is 2. The van der Waals surface area contributed by atoms with Crippen LogP contribution in [0.3, 0.4) is 0 Å². The molecule has 2 rings (SSSR count). The minimum Gasteiger partial charge on any atom is -0.350 e. The summed E-state index contributed by atoms with van der Waals surface area (Å²) in [5.74, 6) is 0. The fraction of sp³-hybridized carbons (Fsp3) is 0.889. The molecule has 1 atom stereocenters. The van der Waals surface area contributed by atoms with E-state index in [0.717, 1.165) is 6.67 Å². The maximum atomic E-state index is 4.05. The molecule has 1 unspecified atom stereocenters.